The molecule has 1 unspecified atom stereocenters. The lowest BCUT2D eigenvalue weighted by atomic mass is 10.1. The zero-order valence-corrected chi connectivity index (χ0v) is 10.5. The minimum atomic E-state index is 0.254. The topological polar surface area (TPSA) is 59.2 Å². The Balaban J connectivity index is 1.95. The van der Waals surface area contributed by atoms with Crippen molar-refractivity contribution in [3.8, 4) is 0 Å². The van der Waals surface area contributed by atoms with Crippen LogP contribution in [-0.2, 0) is 17.8 Å². The van der Waals surface area contributed by atoms with E-state index in [0.29, 0.717) is 24.9 Å². The van der Waals surface area contributed by atoms with Gasteiger partial charge < -0.3 is 4.52 Å². The second-order valence-corrected chi connectivity index (χ2v) is 4.63. The fraction of sp³-hybridized carbons (Fsp3) is 0.750. The minimum Gasteiger partial charge on any atom is -0.339 e. The molecule has 1 aliphatic heterocycles. The molecule has 1 aromatic heterocycles. The highest BCUT2D eigenvalue weighted by Crippen LogP contribution is 2.21. The molecule has 1 atom stereocenters. The molecule has 2 heterocycles. The molecule has 1 aromatic rings. The number of rotatable bonds is 5. The molecule has 0 spiro atoms. The van der Waals surface area contributed by atoms with E-state index >= 15 is 0 Å². The van der Waals surface area contributed by atoms with Crippen LogP contribution < -0.4 is 0 Å². The highest BCUT2D eigenvalue weighted by molar-refractivity contribution is 5.76. The Hall–Kier alpha value is -1.23. The molecule has 1 aliphatic rings. The van der Waals surface area contributed by atoms with Crippen LogP contribution in [0.1, 0.15) is 44.8 Å². The number of likely N-dealkylation sites (tertiary alicyclic amines) is 1. The molecule has 0 aromatic carbocycles. The van der Waals surface area contributed by atoms with Gasteiger partial charge in [-0.15, -0.1) is 0 Å². The van der Waals surface area contributed by atoms with Crippen LogP contribution in [0.3, 0.4) is 0 Å². The highest BCUT2D eigenvalue weighted by Gasteiger charge is 2.26. The van der Waals surface area contributed by atoms with E-state index in [9.17, 15) is 4.79 Å². The summed E-state index contributed by atoms with van der Waals surface area (Å²) >= 11 is 0. The highest BCUT2D eigenvalue weighted by atomic mass is 16.5. The molecule has 0 N–H and O–H groups in total. The third-order valence-corrected chi connectivity index (χ3v) is 3.18. The number of ketones is 1. The van der Waals surface area contributed by atoms with Crippen LogP contribution in [-0.4, -0.2) is 33.4 Å². The SMILES string of the molecule is CCc1nc(CN2CCCC2CC(C)=O)no1. The third kappa shape index (κ3) is 3.12. The van der Waals surface area contributed by atoms with Gasteiger partial charge in [-0.3, -0.25) is 9.69 Å². The number of carbonyl (C=O) groups excluding carboxylic acids is 1. The van der Waals surface area contributed by atoms with Crippen molar-refractivity contribution in [2.45, 2.75) is 52.1 Å². The first-order chi connectivity index (χ1) is 8.19. The van der Waals surface area contributed by atoms with Gasteiger partial charge in [0.15, 0.2) is 5.82 Å². The van der Waals surface area contributed by atoms with Crippen LogP contribution in [0.25, 0.3) is 0 Å². The smallest absolute Gasteiger partial charge is 0.226 e. The van der Waals surface area contributed by atoms with Crippen molar-refractivity contribution in [2.75, 3.05) is 6.54 Å². The maximum atomic E-state index is 11.2. The molecule has 0 bridgehead atoms. The maximum Gasteiger partial charge on any atom is 0.226 e. The molecule has 17 heavy (non-hydrogen) atoms. The Morgan fingerprint density at radius 3 is 3.06 bits per heavy atom. The maximum absolute atomic E-state index is 11.2. The lowest BCUT2D eigenvalue weighted by Crippen LogP contribution is -2.30. The second kappa shape index (κ2) is 5.40. The first kappa shape index (κ1) is 12.2. The number of nitrogens with zero attached hydrogens (tertiary/aromatic N) is 3. The van der Waals surface area contributed by atoms with E-state index < -0.39 is 0 Å². The summed E-state index contributed by atoms with van der Waals surface area (Å²) in [4.78, 5) is 17.8. The van der Waals surface area contributed by atoms with Gasteiger partial charge in [0.2, 0.25) is 5.89 Å². The molecule has 0 radical (unpaired) electrons. The number of aromatic nitrogens is 2. The molecular formula is C12H19N3O2. The zero-order chi connectivity index (χ0) is 12.3. The Labute approximate surface area is 101 Å². The van der Waals surface area contributed by atoms with E-state index in [-0.39, 0.29) is 5.78 Å². The van der Waals surface area contributed by atoms with Crippen LogP contribution in [0.4, 0.5) is 0 Å². The van der Waals surface area contributed by atoms with Crippen molar-refractivity contribution in [3.05, 3.63) is 11.7 Å². The van der Waals surface area contributed by atoms with E-state index in [1.54, 1.807) is 6.92 Å². The molecular weight excluding hydrogens is 218 g/mol. The number of hydrogen-bond donors (Lipinski definition) is 0. The fourth-order valence-corrected chi connectivity index (χ4v) is 2.35. The molecule has 5 nitrogen and oxygen atoms in total. The van der Waals surface area contributed by atoms with Crippen molar-refractivity contribution < 1.29 is 9.32 Å². The summed E-state index contributed by atoms with van der Waals surface area (Å²) in [7, 11) is 0. The molecule has 5 heteroatoms. The van der Waals surface area contributed by atoms with Gasteiger partial charge >= 0.3 is 0 Å². The predicted octanol–water partition coefficient (Wildman–Crippen LogP) is 1.58. The molecule has 94 valence electrons. The molecule has 1 saturated heterocycles. The van der Waals surface area contributed by atoms with Gasteiger partial charge in [0.05, 0.1) is 6.54 Å². The van der Waals surface area contributed by atoms with Gasteiger partial charge in [-0.1, -0.05) is 12.1 Å². The van der Waals surface area contributed by atoms with E-state index in [1.807, 2.05) is 6.92 Å². The summed E-state index contributed by atoms with van der Waals surface area (Å²) in [6.07, 6.45) is 3.65. The zero-order valence-electron chi connectivity index (χ0n) is 10.5. The van der Waals surface area contributed by atoms with Gasteiger partial charge in [0, 0.05) is 18.9 Å². The van der Waals surface area contributed by atoms with Crippen molar-refractivity contribution in [1.82, 2.24) is 15.0 Å². The van der Waals surface area contributed by atoms with Crippen molar-refractivity contribution in [2.24, 2.45) is 0 Å². The largest absolute Gasteiger partial charge is 0.339 e. The third-order valence-electron chi connectivity index (χ3n) is 3.18. The van der Waals surface area contributed by atoms with Crippen molar-refractivity contribution >= 4 is 5.78 Å². The average Bonchev–Trinajstić information content (AvgIpc) is 2.89. The number of aryl methyl sites for hydroxylation is 1. The Morgan fingerprint density at radius 2 is 2.41 bits per heavy atom. The Morgan fingerprint density at radius 1 is 1.59 bits per heavy atom. The first-order valence-corrected chi connectivity index (χ1v) is 6.24. The standard InChI is InChI=1S/C12H19N3O2/c1-3-12-13-11(14-17-12)8-15-6-4-5-10(15)7-9(2)16/h10H,3-8H2,1-2H3. The van der Waals surface area contributed by atoms with Gasteiger partial charge in [-0.05, 0) is 26.3 Å². The molecule has 2 rings (SSSR count). The Bertz CT molecular complexity index is 389. The summed E-state index contributed by atoms with van der Waals surface area (Å²) in [5.41, 5.74) is 0. The van der Waals surface area contributed by atoms with Crippen molar-refractivity contribution in [3.63, 3.8) is 0 Å². The minimum absolute atomic E-state index is 0.254. The molecule has 1 fully saturated rings. The van der Waals surface area contributed by atoms with E-state index in [2.05, 4.69) is 15.0 Å². The predicted molar refractivity (Wildman–Crippen MR) is 62.4 cm³/mol. The summed E-state index contributed by atoms with van der Waals surface area (Å²) in [5, 5.41) is 3.95. The van der Waals surface area contributed by atoms with Crippen LogP contribution >= 0.6 is 0 Å². The number of hydrogen-bond acceptors (Lipinski definition) is 5. The van der Waals surface area contributed by atoms with Crippen LogP contribution in [0.15, 0.2) is 4.52 Å². The van der Waals surface area contributed by atoms with Gasteiger partial charge in [-0.2, -0.15) is 4.98 Å². The van der Waals surface area contributed by atoms with E-state index in [1.165, 1.54) is 0 Å². The van der Waals surface area contributed by atoms with E-state index in [0.717, 1.165) is 31.6 Å². The molecule has 0 aliphatic carbocycles. The van der Waals surface area contributed by atoms with Gasteiger partial charge in [0.25, 0.3) is 0 Å². The molecule has 0 saturated carbocycles. The van der Waals surface area contributed by atoms with Crippen LogP contribution in [0.2, 0.25) is 0 Å². The van der Waals surface area contributed by atoms with Crippen LogP contribution in [0, 0.1) is 0 Å². The fourth-order valence-electron chi connectivity index (χ4n) is 2.35. The van der Waals surface area contributed by atoms with Gasteiger partial charge in [-0.25, -0.2) is 0 Å². The summed E-state index contributed by atoms with van der Waals surface area (Å²) < 4.78 is 5.09. The first-order valence-electron chi connectivity index (χ1n) is 6.24. The second-order valence-electron chi connectivity index (χ2n) is 4.63. The summed E-state index contributed by atoms with van der Waals surface area (Å²) in [5.74, 6) is 1.67. The quantitative estimate of drug-likeness (QED) is 0.778. The monoisotopic (exact) mass is 237 g/mol. The molecule has 0 amide bonds. The summed E-state index contributed by atoms with van der Waals surface area (Å²) in [6.45, 7) is 5.36. The van der Waals surface area contributed by atoms with E-state index in [4.69, 9.17) is 4.52 Å². The van der Waals surface area contributed by atoms with Crippen LogP contribution in [0.5, 0.6) is 0 Å². The lowest BCUT2D eigenvalue weighted by Gasteiger charge is -2.21. The van der Waals surface area contributed by atoms with Crippen molar-refractivity contribution in [1.29, 1.82) is 0 Å². The normalized spacial score (nSPS) is 20.9. The summed E-state index contributed by atoms with van der Waals surface area (Å²) in [6, 6.07) is 0.357. The number of carbonyl (C=O) groups is 1. The Kier molecular flexibility index (Phi) is 3.89. The van der Waals surface area contributed by atoms with Gasteiger partial charge in [0.1, 0.15) is 5.78 Å². The number of Topliss-reactive ketones (excluding diaryl/α,β-unsaturated/α-hetero) is 1. The average molecular weight is 237 g/mol. The lowest BCUT2D eigenvalue weighted by molar-refractivity contribution is -0.118.